The van der Waals surface area contributed by atoms with E-state index in [9.17, 15) is 0 Å². The van der Waals surface area contributed by atoms with Crippen LogP contribution in [-0.4, -0.2) is 9.97 Å². The molecular formula is C10H11N3S. The summed E-state index contributed by atoms with van der Waals surface area (Å²) in [4.78, 5) is 9.65. The number of anilines is 1. The molecule has 2 rings (SSSR count). The summed E-state index contributed by atoms with van der Waals surface area (Å²) in [6.07, 6.45) is 0. The Morgan fingerprint density at radius 1 is 1.29 bits per heavy atom. The molecule has 0 spiro atoms. The molecule has 72 valence electrons. The molecule has 0 unspecified atom stereocenters. The van der Waals surface area contributed by atoms with Crippen molar-refractivity contribution < 1.29 is 0 Å². The van der Waals surface area contributed by atoms with Crippen LogP contribution in [-0.2, 0) is 0 Å². The average Bonchev–Trinajstić information content (AvgIpc) is 2.49. The lowest BCUT2D eigenvalue weighted by Crippen LogP contribution is -1.97. The van der Waals surface area contributed by atoms with E-state index in [2.05, 4.69) is 28.3 Å². The lowest BCUT2D eigenvalue weighted by Gasteiger charge is -2.02. The van der Waals surface area contributed by atoms with E-state index in [1.165, 1.54) is 4.88 Å². The Bertz CT molecular complexity index is 442. The molecule has 0 aliphatic carbocycles. The van der Waals surface area contributed by atoms with Crippen LogP contribution in [0.3, 0.4) is 0 Å². The van der Waals surface area contributed by atoms with Crippen LogP contribution in [0.15, 0.2) is 17.5 Å². The third-order valence-corrected chi connectivity index (χ3v) is 2.84. The highest BCUT2D eigenvalue weighted by Gasteiger charge is 2.06. The Balaban J connectivity index is 2.57. The lowest BCUT2D eigenvalue weighted by molar-refractivity contribution is 1.07. The minimum atomic E-state index is 0.526. The number of aromatic nitrogens is 2. The first-order valence-electron chi connectivity index (χ1n) is 4.32. The molecule has 2 N–H and O–H groups in total. The summed E-state index contributed by atoms with van der Waals surface area (Å²) in [5.41, 5.74) is 7.72. The van der Waals surface area contributed by atoms with Gasteiger partial charge >= 0.3 is 0 Å². The molecule has 0 aliphatic heterocycles. The highest BCUT2D eigenvalue weighted by molar-refractivity contribution is 7.10. The number of rotatable bonds is 1. The van der Waals surface area contributed by atoms with Gasteiger partial charge in [0.05, 0.1) is 5.69 Å². The van der Waals surface area contributed by atoms with Crippen LogP contribution < -0.4 is 5.73 Å². The van der Waals surface area contributed by atoms with Crippen molar-refractivity contribution >= 4 is 17.2 Å². The highest BCUT2D eigenvalue weighted by atomic mass is 32.1. The molecule has 2 heterocycles. The van der Waals surface area contributed by atoms with Gasteiger partial charge < -0.3 is 5.73 Å². The third-order valence-electron chi connectivity index (χ3n) is 1.99. The van der Waals surface area contributed by atoms with Gasteiger partial charge in [-0.25, -0.2) is 9.97 Å². The Hall–Kier alpha value is -1.42. The van der Waals surface area contributed by atoms with Crippen molar-refractivity contribution in [2.75, 3.05) is 5.73 Å². The Labute approximate surface area is 86.6 Å². The van der Waals surface area contributed by atoms with E-state index in [0.717, 1.165) is 11.3 Å². The molecule has 0 saturated heterocycles. The monoisotopic (exact) mass is 205 g/mol. The second kappa shape index (κ2) is 3.38. The number of nitrogens with zero attached hydrogens (tertiary/aromatic N) is 2. The number of hydrogen-bond acceptors (Lipinski definition) is 4. The smallest absolute Gasteiger partial charge is 0.128 e. The van der Waals surface area contributed by atoms with Gasteiger partial charge in [0.25, 0.3) is 0 Å². The molecule has 0 radical (unpaired) electrons. The third kappa shape index (κ3) is 1.61. The molecule has 2 aromatic rings. The van der Waals surface area contributed by atoms with Crippen molar-refractivity contribution in [1.82, 2.24) is 9.97 Å². The molecule has 0 amide bonds. The number of aryl methyl sites for hydroxylation is 2. The van der Waals surface area contributed by atoms with Crippen LogP contribution in [0, 0.1) is 13.8 Å². The molecular weight excluding hydrogens is 194 g/mol. The maximum Gasteiger partial charge on any atom is 0.128 e. The molecule has 14 heavy (non-hydrogen) atoms. The Kier molecular flexibility index (Phi) is 2.21. The topological polar surface area (TPSA) is 51.8 Å². The first-order valence-corrected chi connectivity index (χ1v) is 5.20. The van der Waals surface area contributed by atoms with E-state index < -0.39 is 0 Å². The van der Waals surface area contributed by atoms with Gasteiger partial charge in [-0.2, -0.15) is 0 Å². The van der Waals surface area contributed by atoms with Gasteiger partial charge in [0.1, 0.15) is 11.6 Å². The van der Waals surface area contributed by atoms with E-state index in [0.29, 0.717) is 11.6 Å². The van der Waals surface area contributed by atoms with Crippen molar-refractivity contribution in [2.24, 2.45) is 0 Å². The van der Waals surface area contributed by atoms with Gasteiger partial charge in [0.2, 0.25) is 0 Å². The quantitative estimate of drug-likeness (QED) is 0.777. The van der Waals surface area contributed by atoms with E-state index >= 15 is 0 Å². The minimum absolute atomic E-state index is 0.526. The van der Waals surface area contributed by atoms with Crippen LogP contribution in [0.25, 0.3) is 11.3 Å². The van der Waals surface area contributed by atoms with E-state index in [1.807, 2.05) is 13.0 Å². The van der Waals surface area contributed by atoms with E-state index in [4.69, 9.17) is 5.73 Å². The van der Waals surface area contributed by atoms with Gasteiger partial charge in [-0.15, -0.1) is 11.3 Å². The van der Waals surface area contributed by atoms with Gasteiger partial charge in [-0.3, -0.25) is 0 Å². The number of nitrogen functional groups attached to an aromatic ring is 1. The largest absolute Gasteiger partial charge is 0.384 e. The average molecular weight is 205 g/mol. The summed E-state index contributed by atoms with van der Waals surface area (Å²) in [5.74, 6) is 1.24. The standard InChI is InChI=1S/C10H11N3S/c1-6-8(3-4-14-6)9-5-10(11)13-7(2)12-9/h3-5H,1-2H3,(H2,11,12,13). The van der Waals surface area contributed by atoms with E-state index in [-0.39, 0.29) is 0 Å². The van der Waals surface area contributed by atoms with Crippen LogP contribution in [0.5, 0.6) is 0 Å². The molecule has 3 nitrogen and oxygen atoms in total. The fourth-order valence-corrected chi connectivity index (χ4v) is 2.09. The summed E-state index contributed by atoms with van der Waals surface area (Å²) in [5, 5.41) is 2.05. The summed E-state index contributed by atoms with van der Waals surface area (Å²) in [7, 11) is 0. The minimum Gasteiger partial charge on any atom is -0.384 e. The van der Waals surface area contributed by atoms with Crippen molar-refractivity contribution in [1.29, 1.82) is 0 Å². The van der Waals surface area contributed by atoms with Crippen LogP contribution in [0.2, 0.25) is 0 Å². The van der Waals surface area contributed by atoms with Crippen LogP contribution in [0.4, 0.5) is 5.82 Å². The first kappa shape index (κ1) is 9.15. The van der Waals surface area contributed by atoms with Crippen molar-refractivity contribution in [3.05, 3.63) is 28.2 Å². The molecule has 0 aliphatic rings. The number of thiophene rings is 1. The molecule has 0 bridgehead atoms. The lowest BCUT2D eigenvalue weighted by atomic mass is 10.2. The zero-order valence-corrected chi connectivity index (χ0v) is 8.93. The SMILES string of the molecule is Cc1nc(N)cc(-c2ccsc2C)n1. The summed E-state index contributed by atoms with van der Waals surface area (Å²) in [6, 6.07) is 3.86. The molecule has 0 aromatic carbocycles. The van der Waals surface area contributed by atoms with E-state index in [1.54, 1.807) is 11.3 Å². The zero-order valence-electron chi connectivity index (χ0n) is 8.11. The summed E-state index contributed by atoms with van der Waals surface area (Å²) in [6.45, 7) is 3.93. The van der Waals surface area contributed by atoms with Gasteiger partial charge in [0, 0.05) is 16.5 Å². The van der Waals surface area contributed by atoms with Crippen molar-refractivity contribution in [3.8, 4) is 11.3 Å². The molecule has 0 atom stereocenters. The number of nitrogens with two attached hydrogens (primary N) is 1. The first-order chi connectivity index (χ1) is 6.66. The molecule has 0 saturated carbocycles. The maximum atomic E-state index is 5.67. The second-order valence-electron chi connectivity index (χ2n) is 3.12. The Morgan fingerprint density at radius 2 is 2.07 bits per heavy atom. The number of hydrogen-bond donors (Lipinski definition) is 1. The predicted octanol–water partition coefficient (Wildman–Crippen LogP) is 2.40. The molecule has 2 aromatic heterocycles. The predicted molar refractivity (Wildman–Crippen MR) is 59.2 cm³/mol. The van der Waals surface area contributed by atoms with Gasteiger partial charge in [-0.1, -0.05) is 0 Å². The normalized spacial score (nSPS) is 10.4. The van der Waals surface area contributed by atoms with Crippen LogP contribution >= 0.6 is 11.3 Å². The summed E-state index contributed by atoms with van der Waals surface area (Å²) >= 11 is 1.71. The van der Waals surface area contributed by atoms with Gasteiger partial charge in [-0.05, 0) is 25.3 Å². The summed E-state index contributed by atoms with van der Waals surface area (Å²) < 4.78 is 0. The fraction of sp³-hybridized carbons (Fsp3) is 0.200. The maximum absolute atomic E-state index is 5.67. The highest BCUT2D eigenvalue weighted by Crippen LogP contribution is 2.26. The van der Waals surface area contributed by atoms with Crippen molar-refractivity contribution in [2.45, 2.75) is 13.8 Å². The van der Waals surface area contributed by atoms with Crippen molar-refractivity contribution in [3.63, 3.8) is 0 Å². The van der Waals surface area contributed by atoms with Crippen LogP contribution in [0.1, 0.15) is 10.7 Å². The zero-order chi connectivity index (χ0) is 10.1. The van der Waals surface area contributed by atoms with Gasteiger partial charge in [0.15, 0.2) is 0 Å². The molecule has 4 heteroatoms. The second-order valence-corrected chi connectivity index (χ2v) is 4.24. The fourth-order valence-electron chi connectivity index (χ4n) is 1.38. The molecule has 0 fully saturated rings. The Morgan fingerprint density at radius 3 is 2.64 bits per heavy atom.